The lowest BCUT2D eigenvalue weighted by Crippen LogP contribution is -2.36. The largest absolute Gasteiger partial charge is 0.486 e. The van der Waals surface area contributed by atoms with Crippen molar-refractivity contribution in [2.75, 3.05) is 13.1 Å². The molecule has 0 unspecified atom stereocenters. The van der Waals surface area contributed by atoms with E-state index in [1.807, 2.05) is 57.2 Å². The predicted octanol–water partition coefficient (Wildman–Crippen LogP) is 5.68. The summed E-state index contributed by atoms with van der Waals surface area (Å²) in [5, 5.41) is 0. The van der Waals surface area contributed by atoms with Gasteiger partial charge in [-0.3, -0.25) is 9.97 Å². The molecule has 3 aromatic heterocycles. The van der Waals surface area contributed by atoms with Gasteiger partial charge < -0.3 is 19.4 Å². The van der Waals surface area contributed by atoms with Crippen molar-refractivity contribution in [3.05, 3.63) is 67.1 Å². The fourth-order valence-electron chi connectivity index (χ4n) is 4.29. The molecule has 7 heteroatoms. The van der Waals surface area contributed by atoms with Crippen molar-refractivity contribution in [2.24, 2.45) is 0 Å². The van der Waals surface area contributed by atoms with Crippen LogP contribution in [0, 0.1) is 0 Å². The molecular weight excluding hydrogens is 428 g/mol. The van der Waals surface area contributed by atoms with E-state index in [4.69, 9.17) is 9.47 Å². The molecule has 1 fully saturated rings. The van der Waals surface area contributed by atoms with Crippen molar-refractivity contribution in [2.45, 2.75) is 38.9 Å². The number of aromatic amines is 1. The van der Waals surface area contributed by atoms with E-state index >= 15 is 0 Å². The molecule has 4 aromatic rings. The summed E-state index contributed by atoms with van der Waals surface area (Å²) in [7, 11) is 0. The van der Waals surface area contributed by atoms with Crippen LogP contribution in [0.15, 0.2) is 67.1 Å². The topological polar surface area (TPSA) is 80.3 Å². The van der Waals surface area contributed by atoms with Crippen LogP contribution < -0.4 is 4.74 Å². The summed E-state index contributed by atoms with van der Waals surface area (Å²) in [6.45, 7) is 6.69. The molecule has 1 amide bonds. The molecule has 0 aliphatic carbocycles. The highest BCUT2D eigenvalue weighted by atomic mass is 16.6. The lowest BCUT2D eigenvalue weighted by molar-refractivity contribution is 0.0276. The molecule has 5 rings (SSSR count). The zero-order valence-corrected chi connectivity index (χ0v) is 19.6. The van der Waals surface area contributed by atoms with Gasteiger partial charge in [-0.2, -0.15) is 0 Å². The number of ether oxygens (including phenoxy) is 2. The van der Waals surface area contributed by atoms with Crippen LogP contribution in [0.25, 0.3) is 33.4 Å². The van der Waals surface area contributed by atoms with E-state index in [-0.39, 0.29) is 12.2 Å². The fraction of sp³-hybridized carbons (Fsp3) is 0.296. The molecule has 1 N–H and O–H groups in total. The summed E-state index contributed by atoms with van der Waals surface area (Å²) >= 11 is 0. The summed E-state index contributed by atoms with van der Waals surface area (Å²) in [5.74, 6) is 0.669. The van der Waals surface area contributed by atoms with Crippen LogP contribution in [0.5, 0.6) is 5.75 Å². The Hall–Kier alpha value is -3.87. The van der Waals surface area contributed by atoms with Gasteiger partial charge in [-0.25, -0.2) is 4.79 Å². The maximum absolute atomic E-state index is 12.5. The number of nitrogens with zero attached hydrogens (tertiary/aromatic N) is 3. The third-order valence-electron chi connectivity index (χ3n) is 5.76. The summed E-state index contributed by atoms with van der Waals surface area (Å²) in [6, 6.07) is 16.1. The van der Waals surface area contributed by atoms with Crippen molar-refractivity contribution in [1.29, 1.82) is 0 Å². The van der Waals surface area contributed by atoms with Gasteiger partial charge in [-0.1, -0.05) is 30.3 Å². The lowest BCUT2D eigenvalue weighted by atomic mass is 10.0. The zero-order valence-electron chi connectivity index (χ0n) is 19.6. The van der Waals surface area contributed by atoms with Gasteiger partial charge in [0.25, 0.3) is 0 Å². The number of rotatable bonds is 4. The smallest absolute Gasteiger partial charge is 0.410 e. The fourth-order valence-corrected chi connectivity index (χ4v) is 4.29. The molecule has 0 radical (unpaired) electrons. The monoisotopic (exact) mass is 456 g/mol. The van der Waals surface area contributed by atoms with Crippen LogP contribution in [0.4, 0.5) is 4.79 Å². The van der Waals surface area contributed by atoms with Crippen LogP contribution in [0.3, 0.4) is 0 Å². The quantitative estimate of drug-likeness (QED) is 0.427. The number of carbonyl (C=O) groups excluding carboxylic acids is 1. The molecule has 4 heterocycles. The van der Waals surface area contributed by atoms with Crippen molar-refractivity contribution in [3.63, 3.8) is 0 Å². The Morgan fingerprint density at radius 2 is 1.91 bits per heavy atom. The number of benzene rings is 1. The average Bonchev–Trinajstić information content (AvgIpc) is 3.44. The molecule has 1 aromatic carbocycles. The predicted molar refractivity (Wildman–Crippen MR) is 132 cm³/mol. The van der Waals surface area contributed by atoms with Gasteiger partial charge in [0.1, 0.15) is 17.5 Å². The van der Waals surface area contributed by atoms with Gasteiger partial charge >= 0.3 is 6.09 Å². The minimum absolute atomic E-state index is 0.141. The Morgan fingerprint density at radius 1 is 1.09 bits per heavy atom. The molecule has 0 bridgehead atoms. The minimum atomic E-state index is -0.524. The number of carbonyl (C=O) groups is 1. The number of H-pyrrole nitrogens is 1. The second-order valence-corrected chi connectivity index (χ2v) is 9.47. The van der Waals surface area contributed by atoms with Crippen molar-refractivity contribution < 1.29 is 14.3 Å². The highest BCUT2D eigenvalue weighted by molar-refractivity contribution is 6.02. The Bertz CT molecular complexity index is 1310. The first-order valence-corrected chi connectivity index (χ1v) is 11.5. The summed E-state index contributed by atoms with van der Waals surface area (Å²) in [6.07, 6.45) is 5.58. The van der Waals surface area contributed by atoms with Crippen molar-refractivity contribution in [1.82, 2.24) is 19.9 Å². The third-order valence-corrected chi connectivity index (χ3v) is 5.76. The molecular formula is C27H28N4O3. The van der Waals surface area contributed by atoms with Gasteiger partial charge in [0.05, 0.1) is 29.5 Å². The van der Waals surface area contributed by atoms with Crippen molar-refractivity contribution >= 4 is 17.1 Å². The van der Waals surface area contributed by atoms with E-state index in [0.717, 1.165) is 39.8 Å². The van der Waals surface area contributed by atoms with Crippen molar-refractivity contribution in [3.8, 4) is 28.1 Å². The average molecular weight is 457 g/mol. The third kappa shape index (κ3) is 4.46. The minimum Gasteiger partial charge on any atom is -0.486 e. The van der Waals surface area contributed by atoms with Crippen LogP contribution in [-0.4, -0.2) is 50.7 Å². The molecule has 174 valence electrons. The number of likely N-dealkylation sites (tertiary alicyclic amines) is 1. The van der Waals surface area contributed by atoms with E-state index in [0.29, 0.717) is 18.8 Å². The molecule has 34 heavy (non-hydrogen) atoms. The molecule has 1 aliphatic heterocycles. The molecule has 1 aliphatic rings. The number of fused-ring (bicyclic) bond motifs is 1. The van der Waals surface area contributed by atoms with E-state index in [9.17, 15) is 4.79 Å². The Morgan fingerprint density at radius 3 is 2.71 bits per heavy atom. The van der Waals surface area contributed by atoms with E-state index in [1.165, 1.54) is 0 Å². The van der Waals surface area contributed by atoms with Gasteiger partial charge in [-0.05, 0) is 44.5 Å². The van der Waals surface area contributed by atoms with E-state index in [1.54, 1.807) is 23.5 Å². The van der Waals surface area contributed by atoms with Crippen LogP contribution in [0.2, 0.25) is 0 Å². The number of amides is 1. The van der Waals surface area contributed by atoms with Crippen LogP contribution >= 0.6 is 0 Å². The van der Waals surface area contributed by atoms with Gasteiger partial charge in [0.2, 0.25) is 0 Å². The van der Waals surface area contributed by atoms with E-state index in [2.05, 4.69) is 27.1 Å². The first-order valence-electron chi connectivity index (χ1n) is 11.5. The number of pyridine rings is 2. The first kappa shape index (κ1) is 21.9. The maximum Gasteiger partial charge on any atom is 0.410 e. The molecule has 7 nitrogen and oxygen atoms in total. The summed E-state index contributed by atoms with van der Waals surface area (Å²) < 4.78 is 11.9. The second kappa shape index (κ2) is 8.82. The van der Waals surface area contributed by atoms with Crippen LogP contribution in [0.1, 0.15) is 27.2 Å². The number of nitrogens with one attached hydrogen (secondary N) is 1. The maximum atomic E-state index is 12.5. The van der Waals surface area contributed by atoms with Gasteiger partial charge in [-0.15, -0.1) is 0 Å². The zero-order chi connectivity index (χ0) is 23.7. The number of aromatic nitrogens is 3. The van der Waals surface area contributed by atoms with Gasteiger partial charge in [0, 0.05) is 36.5 Å². The Labute approximate surface area is 198 Å². The SMILES string of the molecule is CC(C)(C)OC(=O)N1CC[C@@H](Oc2cnccc2-c2[nH]c3cccnc3c2-c2ccccc2)C1. The molecule has 1 atom stereocenters. The van der Waals surface area contributed by atoms with Crippen LogP contribution in [-0.2, 0) is 4.74 Å². The molecule has 0 spiro atoms. The van der Waals surface area contributed by atoms with Gasteiger partial charge in [0.15, 0.2) is 0 Å². The normalized spacial score (nSPS) is 16.1. The molecule has 0 saturated carbocycles. The molecule has 1 saturated heterocycles. The second-order valence-electron chi connectivity index (χ2n) is 9.47. The standard InChI is InChI=1S/C27H28N4O3/c1-27(2,3)34-26(32)31-15-12-19(17-31)33-22-16-28-14-11-20(22)24-23(18-8-5-4-6-9-18)25-21(30-24)10-7-13-29-25/h4-11,13-14,16,19,30H,12,15,17H2,1-3H3/t19-/m1/s1. The Balaban J connectivity index is 1.47. The highest BCUT2D eigenvalue weighted by Gasteiger charge is 2.31. The van der Waals surface area contributed by atoms with E-state index < -0.39 is 5.60 Å². The lowest BCUT2D eigenvalue weighted by Gasteiger charge is -2.24. The number of hydrogen-bond acceptors (Lipinski definition) is 5. The summed E-state index contributed by atoms with van der Waals surface area (Å²) in [5.41, 5.74) is 5.27. The number of hydrogen-bond donors (Lipinski definition) is 1. The summed E-state index contributed by atoms with van der Waals surface area (Å²) in [4.78, 5) is 26.7. The Kier molecular flexibility index (Phi) is 5.69. The first-order chi connectivity index (χ1) is 16.4. The highest BCUT2D eigenvalue weighted by Crippen LogP contribution is 2.41.